The maximum Gasteiger partial charge on any atom is 0.274 e. The Hall–Kier alpha value is -1.69. The molecule has 6 heteroatoms. The summed E-state index contributed by atoms with van der Waals surface area (Å²) in [7, 11) is 0. The minimum atomic E-state index is -0.0485. The summed E-state index contributed by atoms with van der Waals surface area (Å²) < 4.78 is 3.29. The molecule has 4 aromatic rings. The number of aromatic nitrogens is 2. The summed E-state index contributed by atoms with van der Waals surface area (Å²) in [6.45, 7) is 4.08. The second kappa shape index (κ2) is 5.69. The summed E-state index contributed by atoms with van der Waals surface area (Å²) in [4.78, 5) is 18.2. The van der Waals surface area contributed by atoms with Crippen LogP contribution in [0.15, 0.2) is 39.6 Å². The molecular weight excluding hydrogens is 408 g/mol. The van der Waals surface area contributed by atoms with E-state index in [1.807, 2.05) is 50.3 Å². The van der Waals surface area contributed by atoms with Crippen LogP contribution >= 0.6 is 38.9 Å². The fraction of sp³-hybridized carbons (Fsp3) is 0.111. The summed E-state index contributed by atoms with van der Waals surface area (Å²) in [5.74, 6) is 0. The summed E-state index contributed by atoms with van der Waals surface area (Å²) in [5.41, 5.74) is 4.80. The lowest BCUT2D eigenvalue weighted by atomic mass is 10.1. The normalized spacial score (nSPS) is 12.6. The Balaban J connectivity index is 2.05. The van der Waals surface area contributed by atoms with Crippen molar-refractivity contribution in [2.75, 3.05) is 0 Å². The number of aryl methyl sites for hydroxylation is 1. The number of hydrogen-bond acceptors (Lipinski definition) is 3. The zero-order valence-corrected chi connectivity index (χ0v) is 16.1. The van der Waals surface area contributed by atoms with Crippen LogP contribution in [0.3, 0.4) is 0 Å². The van der Waals surface area contributed by atoms with E-state index in [-0.39, 0.29) is 5.56 Å². The molecule has 0 bridgehead atoms. The van der Waals surface area contributed by atoms with Crippen LogP contribution in [0.2, 0.25) is 5.02 Å². The highest BCUT2D eigenvalue weighted by Gasteiger charge is 2.15. The van der Waals surface area contributed by atoms with Gasteiger partial charge in [-0.2, -0.15) is 0 Å². The zero-order valence-electron chi connectivity index (χ0n) is 12.9. The predicted octanol–water partition coefficient (Wildman–Crippen LogP) is 4.49. The van der Waals surface area contributed by atoms with Gasteiger partial charge in [0.1, 0.15) is 5.52 Å². The quantitative estimate of drug-likeness (QED) is 0.455. The van der Waals surface area contributed by atoms with Crippen molar-refractivity contribution in [2.24, 2.45) is 0 Å². The van der Waals surface area contributed by atoms with Crippen molar-refractivity contribution in [3.63, 3.8) is 0 Å². The highest BCUT2D eigenvalue weighted by atomic mass is 79.9. The number of hydrogen-bond donors (Lipinski definition) is 0. The van der Waals surface area contributed by atoms with E-state index in [0.717, 1.165) is 32.2 Å². The van der Waals surface area contributed by atoms with Gasteiger partial charge in [-0.25, -0.2) is 9.38 Å². The third-order valence-corrected chi connectivity index (χ3v) is 6.30. The molecule has 120 valence electrons. The lowest BCUT2D eigenvalue weighted by Crippen LogP contribution is -2.22. The average Bonchev–Trinajstić information content (AvgIpc) is 3.03. The molecule has 4 rings (SSSR count). The Kier molecular flexibility index (Phi) is 3.75. The van der Waals surface area contributed by atoms with Crippen molar-refractivity contribution in [2.45, 2.75) is 13.8 Å². The van der Waals surface area contributed by atoms with Gasteiger partial charge < -0.3 is 0 Å². The Morgan fingerprint density at radius 2 is 2.08 bits per heavy atom. The molecule has 0 aliphatic rings. The van der Waals surface area contributed by atoms with Gasteiger partial charge in [0.15, 0.2) is 4.96 Å². The largest absolute Gasteiger partial charge is 0.274 e. The van der Waals surface area contributed by atoms with Gasteiger partial charge in [0.05, 0.1) is 10.0 Å². The zero-order chi connectivity index (χ0) is 17.0. The van der Waals surface area contributed by atoms with E-state index in [4.69, 9.17) is 11.6 Å². The maximum absolute atomic E-state index is 12.9. The lowest BCUT2D eigenvalue weighted by Gasteiger charge is -2.03. The van der Waals surface area contributed by atoms with Gasteiger partial charge >= 0.3 is 0 Å². The van der Waals surface area contributed by atoms with Gasteiger partial charge in [0, 0.05) is 9.50 Å². The first kappa shape index (κ1) is 15.8. The van der Waals surface area contributed by atoms with E-state index in [9.17, 15) is 4.79 Å². The molecule has 0 fully saturated rings. The smallest absolute Gasteiger partial charge is 0.267 e. The van der Waals surface area contributed by atoms with Gasteiger partial charge in [-0.3, -0.25) is 4.79 Å². The van der Waals surface area contributed by atoms with Crippen molar-refractivity contribution >= 4 is 60.9 Å². The fourth-order valence-electron chi connectivity index (χ4n) is 2.73. The van der Waals surface area contributed by atoms with Crippen molar-refractivity contribution in [3.8, 4) is 0 Å². The monoisotopic (exact) mass is 418 g/mol. The van der Waals surface area contributed by atoms with Gasteiger partial charge in [-0.1, -0.05) is 35.1 Å². The van der Waals surface area contributed by atoms with E-state index in [1.165, 1.54) is 11.3 Å². The molecule has 3 nitrogen and oxygen atoms in total. The SMILES string of the molecule is Cc1cc2c(nc3s/c(=C\c4cccc(Cl)c4)c(=O)n32)c(Br)c1C. The first-order chi connectivity index (χ1) is 11.5. The van der Waals surface area contributed by atoms with Gasteiger partial charge in [0.25, 0.3) is 5.56 Å². The molecule has 0 spiro atoms. The van der Waals surface area contributed by atoms with Gasteiger partial charge in [0.2, 0.25) is 0 Å². The van der Waals surface area contributed by atoms with E-state index in [2.05, 4.69) is 20.9 Å². The van der Waals surface area contributed by atoms with E-state index in [0.29, 0.717) is 14.5 Å². The molecule has 0 saturated heterocycles. The summed E-state index contributed by atoms with van der Waals surface area (Å²) >= 11 is 11.0. The summed E-state index contributed by atoms with van der Waals surface area (Å²) in [6, 6.07) is 9.47. The summed E-state index contributed by atoms with van der Waals surface area (Å²) in [5, 5.41) is 0.651. The molecule has 0 aliphatic heterocycles. The van der Waals surface area contributed by atoms with Crippen LogP contribution in [0, 0.1) is 13.8 Å². The molecule has 24 heavy (non-hydrogen) atoms. The molecule has 0 radical (unpaired) electrons. The summed E-state index contributed by atoms with van der Waals surface area (Å²) in [6.07, 6.45) is 1.86. The molecule has 0 N–H and O–H groups in total. The molecule has 0 saturated carbocycles. The Morgan fingerprint density at radius 3 is 2.83 bits per heavy atom. The van der Waals surface area contributed by atoms with E-state index >= 15 is 0 Å². The molecule has 0 aliphatic carbocycles. The third-order valence-electron chi connectivity index (χ3n) is 4.13. The van der Waals surface area contributed by atoms with E-state index in [1.54, 1.807) is 4.40 Å². The second-order valence-electron chi connectivity index (χ2n) is 5.70. The first-order valence-electron chi connectivity index (χ1n) is 7.33. The minimum absolute atomic E-state index is 0.0485. The molecule has 2 aromatic carbocycles. The van der Waals surface area contributed by atoms with Crippen molar-refractivity contribution < 1.29 is 0 Å². The molecule has 2 heterocycles. The van der Waals surface area contributed by atoms with Crippen LogP contribution in [-0.2, 0) is 0 Å². The number of imidazole rings is 1. The van der Waals surface area contributed by atoms with Gasteiger partial charge in [-0.05, 0) is 70.7 Å². The number of fused-ring (bicyclic) bond motifs is 3. The Morgan fingerprint density at radius 1 is 1.29 bits per heavy atom. The number of benzene rings is 2. The van der Waals surface area contributed by atoms with Crippen LogP contribution in [0.5, 0.6) is 0 Å². The van der Waals surface area contributed by atoms with Crippen LogP contribution in [0.4, 0.5) is 0 Å². The molecule has 0 unspecified atom stereocenters. The van der Waals surface area contributed by atoms with Crippen molar-refractivity contribution in [1.29, 1.82) is 0 Å². The van der Waals surface area contributed by atoms with Gasteiger partial charge in [-0.15, -0.1) is 0 Å². The van der Waals surface area contributed by atoms with Crippen LogP contribution in [0.25, 0.3) is 22.1 Å². The lowest BCUT2D eigenvalue weighted by molar-refractivity contribution is 1.18. The number of rotatable bonds is 1. The Bertz CT molecular complexity index is 1230. The third kappa shape index (κ3) is 2.39. The predicted molar refractivity (Wildman–Crippen MR) is 104 cm³/mol. The number of nitrogens with zero attached hydrogens (tertiary/aromatic N) is 2. The number of thiazole rings is 1. The first-order valence-corrected chi connectivity index (χ1v) is 9.32. The maximum atomic E-state index is 12.9. The number of halogens is 2. The van der Waals surface area contributed by atoms with Crippen LogP contribution < -0.4 is 10.1 Å². The standard InChI is InChI=1S/C18H12BrClN2OS/c1-9-6-13-16(15(19)10(9)2)21-18-22(13)17(23)14(24-18)8-11-4-3-5-12(20)7-11/h3-8H,1-2H3/b14-8-. The van der Waals surface area contributed by atoms with Crippen molar-refractivity contribution in [3.05, 3.63) is 71.4 Å². The van der Waals surface area contributed by atoms with Crippen LogP contribution in [0.1, 0.15) is 16.7 Å². The average molecular weight is 420 g/mol. The fourth-order valence-corrected chi connectivity index (χ4v) is 4.51. The molecular formula is C18H12BrClN2OS. The molecule has 2 aromatic heterocycles. The topological polar surface area (TPSA) is 34.4 Å². The highest BCUT2D eigenvalue weighted by Crippen LogP contribution is 2.30. The highest BCUT2D eigenvalue weighted by molar-refractivity contribution is 9.10. The van der Waals surface area contributed by atoms with Crippen molar-refractivity contribution in [1.82, 2.24) is 9.38 Å². The molecule has 0 atom stereocenters. The molecule has 0 amide bonds. The second-order valence-corrected chi connectivity index (χ2v) is 7.94. The van der Waals surface area contributed by atoms with E-state index < -0.39 is 0 Å². The minimum Gasteiger partial charge on any atom is -0.267 e. The van der Waals surface area contributed by atoms with Crippen LogP contribution in [-0.4, -0.2) is 9.38 Å². The Labute approximate surface area is 155 Å².